The van der Waals surface area contributed by atoms with Crippen molar-refractivity contribution in [2.45, 2.75) is 6.92 Å². The van der Waals surface area contributed by atoms with Crippen molar-refractivity contribution in [2.75, 3.05) is 7.11 Å². The van der Waals surface area contributed by atoms with Gasteiger partial charge in [0.2, 0.25) is 0 Å². The highest BCUT2D eigenvalue weighted by Gasteiger charge is 2.24. The molecule has 0 aliphatic heterocycles. The van der Waals surface area contributed by atoms with E-state index in [9.17, 15) is 4.79 Å². The Morgan fingerprint density at radius 1 is 1.05 bits per heavy atom. The van der Waals surface area contributed by atoms with Gasteiger partial charge in [-0.05, 0) is 31.2 Å². The summed E-state index contributed by atoms with van der Waals surface area (Å²) >= 11 is 0. The van der Waals surface area contributed by atoms with E-state index < -0.39 is 5.97 Å². The van der Waals surface area contributed by atoms with Crippen molar-refractivity contribution in [3.8, 4) is 22.6 Å². The SMILES string of the molecule is COC(=O)c1c(C)[nH]c(-c2ccccn2)c1-c1ccccn1. The summed E-state index contributed by atoms with van der Waals surface area (Å²) in [5.74, 6) is -0.392. The molecule has 110 valence electrons. The zero-order valence-corrected chi connectivity index (χ0v) is 12.3. The number of nitrogens with zero attached hydrogens (tertiary/aromatic N) is 2. The summed E-state index contributed by atoms with van der Waals surface area (Å²) < 4.78 is 4.92. The van der Waals surface area contributed by atoms with Gasteiger partial charge >= 0.3 is 5.97 Å². The highest BCUT2D eigenvalue weighted by Crippen LogP contribution is 2.35. The first kappa shape index (κ1) is 14.0. The molecule has 22 heavy (non-hydrogen) atoms. The number of ether oxygens (including phenoxy) is 1. The Morgan fingerprint density at radius 2 is 1.68 bits per heavy atom. The number of carbonyl (C=O) groups excluding carboxylic acids is 1. The van der Waals surface area contributed by atoms with Crippen LogP contribution in [0, 0.1) is 6.92 Å². The fraction of sp³-hybridized carbons (Fsp3) is 0.118. The van der Waals surface area contributed by atoms with E-state index >= 15 is 0 Å². The van der Waals surface area contributed by atoms with Gasteiger partial charge in [0.05, 0.1) is 29.8 Å². The van der Waals surface area contributed by atoms with E-state index in [0.29, 0.717) is 16.8 Å². The zero-order valence-electron chi connectivity index (χ0n) is 12.3. The number of aryl methyl sites for hydroxylation is 1. The third-order valence-electron chi connectivity index (χ3n) is 3.42. The van der Waals surface area contributed by atoms with Crippen LogP contribution in [0.5, 0.6) is 0 Å². The normalized spacial score (nSPS) is 10.5. The number of nitrogens with one attached hydrogen (secondary N) is 1. The van der Waals surface area contributed by atoms with E-state index in [1.54, 1.807) is 12.4 Å². The maximum absolute atomic E-state index is 12.2. The maximum Gasteiger partial charge on any atom is 0.340 e. The molecule has 3 aromatic heterocycles. The number of H-pyrrole nitrogens is 1. The first-order valence-corrected chi connectivity index (χ1v) is 6.86. The van der Waals surface area contributed by atoms with E-state index in [1.165, 1.54) is 7.11 Å². The second-order valence-corrected chi connectivity index (χ2v) is 4.80. The summed E-state index contributed by atoms with van der Waals surface area (Å²) in [7, 11) is 1.37. The topological polar surface area (TPSA) is 67.9 Å². The van der Waals surface area contributed by atoms with Crippen molar-refractivity contribution >= 4 is 5.97 Å². The molecule has 5 nitrogen and oxygen atoms in total. The predicted molar refractivity (Wildman–Crippen MR) is 83.3 cm³/mol. The Hall–Kier alpha value is -2.95. The van der Waals surface area contributed by atoms with Crippen LogP contribution >= 0.6 is 0 Å². The van der Waals surface area contributed by atoms with Crippen LogP contribution in [0.3, 0.4) is 0 Å². The molecule has 3 aromatic rings. The summed E-state index contributed by atoms with van der Waals surface area (Å²) in [6.07, 6.45) is 3.41. The van der Waals surface area contributed by atoms with Crippen molar-refractivity contribution < 1.29 is 9.53 Å². The number of rotatable bonds is 3. The maximum atomic E-state index is 12.2. The van der Waals surface area contributed by atoms with Gasteiger partial charge in [-0.1, -0.05) is 12.1 Å². The lowest BCUT2D eigenvalue weighted by Crippen LogP contribution is -2.04. The van der Waals surface area contributed by atoms with Crippen LogP contribution in [0.2, 0.25) is 0 Å². The van der Waals surface area contributed by atoms with Crippen molar-refractivity contribution in [2.24, 2.45) is 0 Å². The van der Waals surface area contributed by atoms with Crippen LogP contribution in [-0.2, 0) is 4.74 Å². The first-order chi connectivity index (χ1) is 10.7. The highest BCUT2D eigenvalue weighted by molar-refractivity contribution is 6.02. The van der Waals surface area contributed by atoms with Gasteiger partial charge in [0.25, 0.3) is 0 Å². The largest absolute Gasteiger partial charge is 0.465 e. The molecule has 0 fully saturated rings. The molecule has 0 amide bonds. The van der Waals surface area contributed by atoms with E-state index in [0.717, 1.165) is 17.1 Å². The number of aromatic nitrogens is 3. The van der Waals surface area contributed by atoms with Crippen molar-refractivity contribution in [1.29, 1.82) is 0 Å². The molecule has 0 atom stereocenters. The van der Waals surface area contributed by atoms with Gasteiger partial charge in [-0.15, -0.1) is 0 Å². The Bertz CT molecular complexity index is 796. The first-order valence-electron chi connectivity index (χ1n) is 6.86. The summed E-state index contributed by atoms with van der Waals surface area (Å²) in [5.41, 5.74) is 4.14. The molecule has 0 saturated carbocycles. The monoisotopic (exact) mass is 293 g/mol. The fourth-order valence-electron chi connectivity index (χ4n) is 2.45. The van der Waals surface area contributed by atoms with Crippen molar-refractivity contribution in [3.05, 3.63) is 60.0 Å². The van der Waals surface area contributed by atoms with Gasteiger partial charge in [-0.3, -0.25) is 9.97 Å². The van der Waals surface area contributed by atoms with E-state index in [-0.39, 0.29) is 0 Å². The second kappa shape index (κ2) is 5.81. The number of hydrogen-bond acceptors (Lipinski definition) is 4. The number of aromatic amines is 1. The van der Waals surface area contributed by atoms with E-state index in [1.807, 2.05) is 43.3 Å². The average Bonchev–Trinajstić information content (AvgIpc) is 2.93. The molecule has 0 bridgehead atoms. The van der Waals surface area contributed by atoms with Crippen LogP contribution in [-0.4, -0.2) is 28.0 Å². The molecule has 0 aliphatic carbocycles. The number of methoxy groups -OCH3 is 1. The quantitative estimate of drug-likeness (QED) is 0.753. The van der Waals surface area contributed by atoms with Gasteiger partial charge in [0.15, 0.2) is 0 Å². The Kier molecular flexibility index (Phi) is 3.70. The van der Waals surface area contributed by atoms with Crippen LogP contribution in [0.15, 0.2) is 48.8 Å². The summed E-state index contributed by atoms with van der Waals surface area (Å²) in [6.45, 7) is 1.84. The molecule has 0 radical (unpaired) electrons. The molecule has 0 unspecified atom stereocenters. The molecule has 0 saturated heterocycles. The molecule has 0 aromatic carbocycles. The van der Waals surface area contributed by atoms with Crippen LogP contribution in [0.4, 0.5) is 0 Å². The number of carbonyl (C=O) groups is 1. The van der Waals surface area contributed by atoms with E-state index in [4.69, 9.17) is 4.74 Å². The minimum absolute atomic E-state index is 0.392. The molecular weight excluding hydrogens is 278 g/mol. The van der Waals surface area contributed by atoms with Crippen LogP contribution < -0.4 is 0 Å². The van der Waals surface area contributed by atoms with Crippen molar-refractivity contribution in [3.63, 3.8) is 0 Å². The third kappa shape index (κ3) is 2.37. The second-order valence-electron chi connectivity index (χ2n) is 4.80. The Morgan fingerprint density at radius 3 is 2.23 bits per heavy atom. The van der Waals surface area contributed by atoms with Crippen LogP contribution in [0.1, 0.15) is 16.1 Å². The molecule has 0 spiro atoms. The number of esters is 1. The fourth-order valence-corrected chi connectivity index (χ4v) is 2.45. The number of pyridine rings is 2. The number of hydrogen-bond donors (Lipinski definition) is 1. The Balaban J connectivity index is 2.30. The highest BCUT2D eigenvalue weighted by atomic mass is 16.5. The lowest BCUT2D eigenvalue weighted by Gasteiger charge is -2.06. The lowest BCUT2D eigenvalue weighted by molar-refractivity contribution is 0.0601. The summed E-state index contributed by atoms with van der Waals surface area (Å²) in [4.78, 5) is 24.2. The summed E-state index contributed by atoms with van der Waals surface area (Å²) in [6, 6.07) is 11.2. The standard InChI is InChI=1S/C17H15N3O2/c1-11-14(17(21)22-2)15(12-7-3-5-9-18-12)16(20-11)13-8-4-6-10-19-13/h3-10,20H,1-2H3. The zero-order chi connectivity index (χ0) is 15.5. The third-order valence-corrected chi connectivity index (χ3v) is 3.42. The summed E-state index contributed by atoms with van der Waals surface area (Å²) in [5, 5.41) is 0. The predicted octanol–water partition coefficient (Wildman–Crippen LogP) is 3.23. The molecule has 0 aliphatic rings. The molecule has 3 heterocycles. The molecule has 1 N–H and O–H groups in total. The molecule has 5 heteroatoms. The minimum Gasteiger partial charge on any atom is -0.465 e. The van der Waals surface area contributed by atoms with Gasteiger partial charge < -0.3 is 9.72 Å². The van der Waals surface area contributed by atoms with Gasteiger partial charge in [-0.2, -0.15) is 0 Å². The molecular formula is C17H15N3O2. The van der Waals surface area contributed by atoms with Gasteiger partial charge in [0.1, 0.15) is 0 Å². The van der Waals surface area contributed by atoms with Crippen LogP contribution in [0.25, 0.3) is 22.6 Å². The van der Waals surface area contributed by atoms with Gasteiger partial charge in [-0.25, -0.2) is 4.79 Å². The lowest BCUT2D eigenvalue weighted by atomic mass is 10.0. The smallest absolute Gasteiger partial charge is 0.340 e. The van der Waals surface area contributed by atoms with Gasteiger partial charge in [0, 0.05) is 23.7 Å². The average molecular weight is 293 g/mol. The molecule has 3 rings (SSSR count). The minimum atomic E-state index is -0.392. The van der Waals surface area contributed by atoms with E-state index in [2.05, 4.69) is 15.0 Å². The Labute approximate surface area is 128 Å². The van der Waals surface area contributed by atoms with Crippen molar-refractivity contribution in [1.82, 2.24) is 15.0 Å².